The molecule has 0 aliphatic carbocycles. The van der Waals surface area contributed by atoms with Gasteiger partial charge in [-0.25, -0.2) is 9.97 Å². The fourth-order valence-electron chi connectivity index (χ4n) is 2.17. The van der Waals surface area contributed by atoms with Gasteiger partial charge in [0.15, 0.2) is 0 Å². The first-order chi connectivity index (χ1) is 9.51. The Kier molecular flexibility index (Phi) is 6.21. The third kappa shape index (κ3) is 4.08. The van der Waals surface area contributed by atoms with Crippen molar-refractivity contribution < 1.29 is 4.79 Å². The minimum atomic E-state index is -0.347. The van der Waals surface area contributed by atoms with Crippen LogP contribution in [0.2, 0.25) is 0 Å². The maximum Gasteiger partial charge on any atom is 0.236 e. The third-order valence-corrected chi connectivity index (χ3v) is 3.10. The number of hydrogen-bond donors (Lipinski definition) is 2. The largest absolute Gasteiger partial charge is 0.373 e. The van der Waals surface area contributed by atoms with Crippen LogP contribution in [0.5, 0.6) is 0 Å². The molecule has 0 fully saturated rings. The number of rotatable bonds is 8. The summed E-state index contributed by atoms with van der Waals surface area (Å²) in [6.07, 6.45) is 3.56. The van der Waals surface area contributed by atoms with Crippen molar-refractivity contribution in [3.8, 4) is 0 Å². The van der Waals surface area contributed by atoms with E-state index >= 15 is 0 Å². The van der Waals surface area contributed by atoms with Gasteiger partial charge < -0.3 is 16.0 Å². The van der Waals surface area contributed by atoms with E-state index in [1.807, 2.05) is 11.9 Å². The van der Waals surface area contributed by atoms with Gasteiger partial charge in [-0.15, -0.1) is 0 Å². The van der Waals surface area contributed by atoms with Crippen molar-refractivity contribution in [2.75, 3.05) is 30.4 Å². The van der Waals surface area contributed by atoms with Gasteiger partial charge in [-0.1, -0.05) is 27.2 Å². The molecule has 1 aromatic heterocycles. The van der Waals surface area contributed by atoms with E-state index in [0.29, 0.717) is 0 Å². The van der Waals surface area contributed by atoms with Crippen molar-refractivity contribution in [3.05, 3.63) is 11.9 Å². The molecule has 1 rings (SSSR count). The van der Waals surface area contributed by atoms with Gasteiger partial charge >= 0.3 is 0 Å². The lowest BCUT2D eigenvalue weighted by Gasteiger charge is -2.26. The van der Waals surface area contributed by atoms with E-state index < -0.39 is 0 Å². The molecule has 0 radical (unpaired) electrons. The number of hydrogen-bond acceptors (Lipinski definition) is 5. The van der Waals surface area contributed by atoms with Crippen LogP contribution in [-0.4, -0.2) is 36.0 Å². The van der Waals surface area contributed by atoms with Crippen LogP contribution < -0.4 is 16.0 Å². The zero-order chi connectivity index (χ0) is 15.1. The summed E-state index contributed by atoms with van der Waals surface area (Å²) < 4.78 is 0. The van der Waals surface area contributed by atoms with Crippen molar-refractivity contribution in [3.63, 3.8) is 0 Å². The molecule has 1 amide bonds. The fourth-order valence-corrected chi connectivity index (χ4v) is 2.17. The standard InChI is InChI=1S/C14H25N5O/c1-5-6-7-19(8-11(15)20)14-12(10(2)3)13(16-4)17-9-18-14/h9-10H,5-8H2,1-4H3,(H2,15,20)(H,16,17,18). The number of carbonyl (C=O) groups excluding carboxylic acids is 1. The highest BCUT2D eigenvalue weighted by molar-refractivity contribution is 5.80. The number of aromatic nitrogens is 2. The zero-order valence-electron chi connectivity index (χ0n) is 12.8. The second-order valence-corrected chi connectivity index (χ2v) is 5.11. The van der Waals surface area contributed by atoms with Gasteiger partial charge in [0.05, 0.1) is 6.54 Å². The second kappa shape index (κ2) is 7.67. The average Bonchev–Trinajstić information content (AvgIpc) is 2.41. The molecule has 112 valence electrons. The van der Waals surface area contributed by atoms with Crippen molar-refractivity contribution in [2.45, 2.75) is 39.5 Å². The molecule has 0 aliphatic heterocycles. The minimum Gasteiger partial charge on any atom is -0.373 e. The molecule has 0 saturated heterocycles. The van der Waals surface area contributed by atoms with E-state index in [-0.39, 0.29) is 18.4 Å². The molecule has 1 heterocycles. The number of carbonyl (C=O) groups is 1. The molecule has 0 aliphatic rings. The van der Waals surface area contributed by atoms with Gasteiger partial charge in [-0.05, 0) is 12.3 Å². The molecule has 3 N–H and O–H groups in total. The lowest BCUT2D eigenvalue weighted by atomic mass is 10.0. The van der Waals surface area contributed by atoms with E-state index in [0.717, 1.165) is 36.6 Å². The number of unbranched alkanes of at least 4 members (excludes halogenated alkanes) is 1. The van der Waals surface area contributed by atoms with E-state index in [4.69, 9.17) is 5.73 Å². The Labute approximate surface area is 120 Å². The van der Waals surface area contributed by atoms with E-state index in [1.165, 1.54) is 6.33 Å². The van der Waals surface area contributed by atoms with Crippen LogP contribution in [-0.2, 0) is 4.79 Å². The van der Waals surface area contributed by atoms with Crippen LogP contribution >= 0.6 is 0 Å². The van der Waals surface area contributed by atoms with E-state index in [2.05, 4.69) is 36.1 Å². The highest BCUT2D eigenvalue weighted by Gasteiger charge is 2.20. The van der Waals surface area contributed by atoms with Crippen LogP contribution in [0.25, 0.3) is 0 Å². The predicted molar refractivity (Wildman–Crippen MR) is 82.0 cm³/mol. The van der Waals surface area contributed by atoms with Gasteiger partial charge in [-0.3, -0.25) is 4.79 Å². The van der Waals surface area contributed by atoms with Crippen LogP contribution in [0.15, 0.2) is 6.33 Å². The molecule has 0 bridgehead atoms. The van der Waals surface area contributed by atoms with Gasteiger partial charge in [0.2, 0.25) is 5.91 Å². The molecule has 20 heavy (non-hydrogen) atoms. The minimum absolute atomic E-state index is 0.180. The number of anilines is 2. The summed E-state index contributed by atoms with van der Waals surface area (Å²) in [6.45, 7) is 7.24. The van der Waals surface area contributed by atoms with Crippen LogP contribution in [0.3, 0.4) is 0 Å². The summed E-state index contributed by atoms with van der Waals surface area (Å²) in [5.41, 5.74) is 6.38. The number of nitrogens with two attached hydrogens (primary N) is 1. The van der Waals surface area contributed by atoms with Crippen molar-refractivity contribution >= 4 is 17.5 Å². The molecule has 0 aromatic carbocycles. The molecule has 0 unspecified atom stereocenters. The number of amides is 1. The van der Waals surface area contributed by atoms with Gasteiger partial charge in [0, 0.05) is 19.2 Å². The summed E-state index contributed by atoms with van der Waals surface area (Å²) in [5, 5.41) is 3.09. The number of primary amides is 1. The van der Waals surface area contributed by atoms with Crippen LogP contribution in [0.1, 0.15) is 45.1 Å². The lowest BCUT2D eigenvalue weighted by Crippen LogP contribution is -2.36. The Hall–Kier alpha value is -1.85. The first-order valence-corrected chi connectivity index (χ1v) is 7.07. The Balaban J connectivity index is 3.19. The molecule has 0 atom stereocenters. The SMILES string of the molecule is CCCCN(CC(N)=O)c1ncnc(NC)c1C(C)C. The lowest BCUT2D eigenvalue weighted by molar-refractivity contribution is -0.116. The Morgan fingerprint density at radius 3 is 2.65 bits per heavy atom. The quantitative estimate of drug-likeness (QED) is 0.757. The Morgan fingerprint density at radius 1 is 1.45 bits per heavy atom. The maximum absolute atomic E-state index is 11.3. The predicted octanol–water partition coefficient (Wildman–Crippen LogP) is 1.73. The molecular weight excluding hydrogens is 254 g/mol. The summed E-state index contributed by atoms with van der Waals surface area (Å²) in [4.78, 5) is 21.9. The summed E-state index contributed by atoms with van der Waals surface area (Å²) in [5.74, 6) is 1.51. The first kappa shape index (κ1) is 16.2. The summed E-state index contributed by atoms with van der Waals surface area (Å²) in [6, 6.07) is 0. The fraction of sp³-hybridized carbons (Fsp3) is 0.643. The number of nitrogens with one attached hydrogen (secondary N) is 1. The van der Waals surface area contributed by atoms with Crippen LogP contribution in [0.4, 0.5) is 11.6 Å². The topological polar surface area (TPSA) is 84.1 Å². The maximum atomic E-state index is 11.3. The summed E-state index contributed by atoms with van der Waals surface area (Å²) >= 11 is 0. The van der Waals surface area contributed by atoms with Crippen LogP contribution in [0, 0.1) is 0 Å². The normalized spacial score (nSPS) is 10.7. The third-order valence-electron chi connectivity index (χ3n) is 3.10. The van der Waals surface area contributed by atoms with Gasteiger partial charge in [-0.2, -0.15) is 0 Å². The Bertz CT molecular complexity index is 447. The summed E-state index contributed by atoms with van der Waals surface area (Å²) in [7, 11) is 1.84. The highest BCUT2D eigenvalue weighted by atomic mass is 16.1. The van der Waals surface area contributed by atoms with E-state index in [1.54, 1.807) is 0 Å². The molecular formula is C14H25N5O. The van der Waals surface area contributed by atoms with Gasteiger partial charge in [0.25, 0.3) is 0 Å². The van der Waals surface area contributed by atoms with Crippen molar-refractivity contribution in [2.24, 2.45) is 5.73 Å². The molecule has 6 heteroatoms. The molecule has 0 spiro atoms. The monoisotopic (exact) mass is 279 g/mol. The second-order valence-electron chi connectivity index (χ2n) is 5.11. The number of nitrogens with zero attached hydrogens (tertiary/aromatic N) is 3. The average molecular weight is 279 g/mol. The molecule has 1 aromatic rings. The van der Waals surface area contributed by atoms with Crippen molar-refractivity contribution in [1.29, 1.82) is 0 Å². The van der Waals surface area contributed by atoms with E-state index in [9.17, 15) is 4.79 Å². The smallest absolute Gasteiger partial charge is 0.236 e. The van der Waals surface area contributed by atoms with Gasteiger partial charge in [0.1, 0.15) is 18.0 Å². The zero-order valence-corrected chi connectivity index (χ0v) is 12.8. The van der Waals surface area contributed by atoms with Crippen molar-refractivity contribution in [1.82, 2.24) is 9.97 Å². The first-order valence-electron chi connectivity index (χ1n) is 7.07. The molecule has 6 nitrogen and oxygen atoms in total. The molecule has 0 saturated carbocycles. The Morgan fingerprint density at radius 2 is 2.15 bits per heavy atom. The highest BCUT2D eigenvalue weighted by Crippen LogP contribution is 2.30.